The fourth-order valence-electron chi connectivity index (χ4n) is 3.44. The number of thiazole rings is 1. The van der Waals surface area contributed by atoms with Gasteiger partial charge in [-0.2, -0.15) is 4.99 Å². The lowest BCUT2D eigenvalue weighted by atomic mass is 10.1. The number of ether oxygens (including phenoxy) is 4. The highest BCUT2D eigenvalue weighted by molar-refractivity contribution is 7.16. The molecule has 0 atom stereocenters. The third-order valence-electron chi connectivity index (χ3n) is 5.19. The van der Waals surface area contributed by atoms with Crippen LogP contribution in [0.5, 0.6) is 17.2 Å². The Morgan fingerprint density at radius 1 is 1.00 bits per heavy atom. The summed E-state index contributed by atoms with van der Waals surface area (Å²) in [5.41, 5.74) is 2.30. The third-order valence-corrected chi connectivity index (χ3v) is 6.23. The number of fused-ring (bicyclic) bond motifs is 1. The van der Waals surface area contributed by atoms with Crippen molar-refractivity contribution < 1.29 is 28.5 Å². The van der Waals surface area contributed by atoms with E-state index in [0.29, 0.717) is 22.0 Å². The number of carbonyl (C=O) groups is 2. The van der Waals surface area contributed by atoms with Crippen LogP contribution < -0.4 is 19.0 Å². The molecule has 0 aliphatic carbocycles. The van der Waals surface area contributed by atoms with Crippen LogP contribution >= 0.6 is 11.3 Å². The number of aromatic nitrogens is 1. The third kappa shape index (κ3) is 5.36. The van der Waals surface area contributed by atoms with Gasteiger partial charge in [0.05, 0.1) is 38.7 Å². The van der Waals surface area contributed by atoms with Gasteiger partial charge in [0.1, 0.15) is 6.54 Å². The number of benzene rings is 2. The summed E-state index contributed by atoms with van der Waals surface area (Å²) in [7, 11) is 5.79. The number of hydrogen-bond donors (Lipinski definition) is 0. The Kier molecular flexibility index (Phi) is 8.11. The van der Waals surface area contributed by atoms with Crippen molar-refractivity contribution in [2.24, 2.45) is 4.99 Å². The SMILES string of the molecule is CCCCc1ccc2c(c1)sc(=NC(=O)c1cc(OC)c(OC)c(OC)c1)n2CC(=O)OC. The van der Waals surface area contributed by atoms with Crippen molar-refractivity contribution in [2.45, 2.75) is 32.7 Å². The molecule has 0 unspecified atom stereocenters. The molecule has 1 aromatic heterocycles. The lowest BCUT2D eigenvalue weighted by Crippen LogP contribution is -2.22. The van der Waals surface area contributed by atoms with Gasteiger partial charge in [-0.3, -0.25) is 9.59 Å². The Labute approximate surface area is 196 Å². The van der Waals surface area contributed by atoms with Gasteiger partial charge in [-0.05, 0) is 42.7 Å². The second kappa shape index (κ2) is 11.0. The van der Waals surface area contributed by atoms with E-state index in [4.69, 9.17) is 18.9 Å². The number of rotatable bonds is 9. The van der Waals surface area contributed by atoms with Gasteiger partial charge in [-0.25, -0.2) is 0 Å². The number of unbranched alkanes of at least 4 members (excludes halogenated alkanes) is 1. The average Bonchev–Trinajstić information content (AvgIpc) is 3.17. The van der Waals surface area contributed by atoms with Gasteiger partial charge in [0.15, 0.2) is 16.3 Å². The summed E-state index contributed by atoms with van der Waals surface area (Å²) in [6, 6.07) is 9.19. The van der Waals surface area contributed by atoms with Crippen LogP contribution in [-0.4, -0.2) is 44.9 Å². The van der Waals surface area contributed by atoms with Crippen LogP contribution in [0.1, 0.15) is 35.7 Å². The zero-order valence-corrected chi connectivity index (χ0v) is 20.3. The Morgan fingerprint density at radius 3 is 2.27 bits per heavy atom. The van der Waals surface area contributed by atoms with Gasteiger partial charge in [-0.15, -0.1) is 0 Å². The first-order chi connectivity index (χ1) is 15.9. The number of carbonyl (C=O) groups excluding carboxylic acids is 2. The maximum atomic E-state index is 13.1. The normalized spacial score (nSPS) is 11.5. The topological polar surface area (TPSA) is 88.4 Å². The number of hydrogen-bond acceptors (Lipinski definition) is 7. The number of amides is 1. The zero-order chi connectivity index (χ0) is 24.0. The largest absolute Gasteiger partial charge is 0.493 e. The predicted molar refractivity (Wildman–Crippen MR) is 126 cm³/mol. The maximum Gasteiger partial charge on any atom is 0.325 e. The average molecular weight is 473 g/mol. The summed E-state index contributed by atoms with van der Waals surface area (Å²) in [6.45, 7) is 2.10. The molecule has 1 amide bonds. The Balaban J connectivity index is 2.12. The molecule has 0 aliphatic rings. The summed E-state index contributed by atoms with van der Waals surface area (Å²) in [5.74, 6) is 0.181. The molecule has 8 nitrogen and oxygen atoms in total. The van der Waals surface area contributed by atoms with E-state index in [1.807, 2.05) is 12.1 Å². The van der Waals surface area contributed by atoms with Crippen molar-refractivity contribution in [1.29, 1.82) is 0 Å². The summed E-state index contributed by atoms with van der Waals surface area (Å²) >= 11 is 1.36. The molecule has 0 saturated heterocycles. The molecule has 0 bridgehead atoms. The number of nitrogens with zero attached hydrogens (tertiary/aromatic N) is 2. The van der Waals surface area contributed by atoms with Crippen LogP contribution in [0.4, 0.5) is 0 Å². The van der Waals surface area contributed by atoms with E-state index in [9.17, 15) is 9.59 Å². The van der Waals surface area contributed by atoms with E-state index in [1.165, 1.54) is 45.3 Å². The summed E-state index contributed by atoms with van der Waals surface area (Å²) < 4.78 is 23.5. The van der Waals surface area contributed by atoms with Gasteiger partial charge in [0.25, 0.3) is 5.91 Å². The molecule has 0 N–H and O–H groups in total. The van der Waals surface area contributed by atoms with E-state index in [1.54, 1.807) is 16.7 Å². The molecule has 33 heavy (non-hydrogen) atoms. The fraction of sp³-hybridized carbons (Fsp3) is 0.375. The maximum absolute atomic E-state index is 13.1. The van der Waals surface area contributed by atoms with Crippen molar-refractivity contribution >= 4 is 33.4 Å². The van der Waals surface area contributed by atoms with Crippen molar-refractivity contribution in [2.75, 3.05) is 28.4 Å². The van der Waals surface area contributed by atoms with Gasteiger partial charge in [0, 0.05) is 5.56 Å². The van der Waals surface area contributed by atoms with Crippen molar-refractivity contribution in [3.8, 4) is 17.2 Å². The van der Waals surface area contributed by atoms with Gasteiger partial charge < -0.3 is 23.5 Å². The Bertz CT molecular complexity index is 1200. The predicted octanol–water partition coefficient (Wildman–Crippen LogP) is 3.99. The highest BCUT2D eigenvalue weighted by atomic mass is 32.1. The molecular formula is C24H28N2O6S. The minimum absolute atomic E-state index is 0.0494. The molecule has 3 aromatic rings. The van der Waals surface area contributed by atoms with Crippen molar-refractivity contribution in [3.63, 3.8) is 0 Å². The molecule has 0 aliphatic heterocycles. The number of esters is 1. The first-order valence-electron chi connectivity index (χ1n) is 10.5. The molecule has 0 saturated carbocycles. The van der Waals surface area contributed by atoms with Crippen molar-refractivity contribution in [1.82, 2.24) is 4.57 Å². The molecule has 9 heteroatoms. The lowest BCUT2D eigenvalue weighted by molar-refractivity contribution is -0.141. The van der Waals surface area contributed by atoms with E-state index in [-0.39, 0.29) is 12.1 Å². The van der Waals surface area contributed by atoms with Crippen LogP contribution in [0, 0.1) is 0 Å². The van der Waals surface area contributed by atoms with E-state index in [2.05, 4.69) is 18.0 Å². The highest BCUT2D eigenvalue weighted by Crippen LogP contribution is 2.38. The van der Waals surface area contributed by atoms with Crippen LogP contribution in [0.25, 0.3) is 10.2 Å². The first kappa shape index (κ1) is 24.3. The zero-order valence-electron chi connectivity index (χ0n) is 19.5. The summed E-state index contributed by atoms with van der Waals surface area (Å²) in [6.07, 6.45) is 3.17. The van der Waals surface area contributed by atoms with E-state index < -0.39 is 11.9 Å². The summed E-state index contributed by atoms with van der Waals surface area (Å²) in [5, 5.41) is 0. The number of methoxy groups -OCH3 is 4. The summed E-state index contributed by atoms with van der Waals surface area (Å²) in [4.78, 5) is 29.9. The van der Waals surface area contributed by atoms with E-state index >= 15 is 0 Å². The van der Waals surface area contributed by atoms with Crippen LogP contribution in [0.2, 0.25) is 0 Å². The van der Waals surface area contributed by atoms with Crippen LogP contribution in [0.3, 0.4) is 0 Å². The van der Waals surface area contributed by atoms with E-state index in [0.717, 1.165) is 29.5 Å². The van der Waals surface area contributed by atoms with Crippen molar-refractivity contribution in [3.05, 3.63) is 46.3 Å². The highest BCUT2D eigenvalue weighted by Gasteiger charge is 2.18. The molecule has 176 valence electrons. The monoisotopic (exact) mass is 472 g/mol. The smallest absolute Gasteiger partial charge is 0.325 e. The quantitative estimate of drug-likeness (QED) is 0.438. The van der Waals surface area contributed by atoms with Gasteiger partial charge in [0.2, 0.25) is 5.75 Å². The standard InChI is InChI=1S/C24H28N2O6S/c1-6-7-8-15-9-10-17-20(11-15)33-24(26(17)14-21(27)31-4)25-23(28)16-12-18(29-2)22(32-5)19(13-16)30-3/h9-13H,6-8,14H2,1-5H3. The first-order valence-corrected chi connectivity index (χ1v) is 11.4. The molecule has 0 radical (unpaired) electrons. The van der Waals surface area contributed by atoms with Crippen LogP contribution in [0.15, 0.2) is 35.3 Å². The minimum Gasteiger partial charge on any atom is -0.493 e. The molecule has 3 rings (SSSR count). The van der Waals surface area contributed by atoms with Crippen LogP contribution in [-0.2, 0) is 22.5 Å². The Morgan fingerprint density at radius 2 is 1.70 bits per heavy atom. The number of aryl methyl sites for hydroxylation is 1. The Hall–Kier alpha value is -3.33. The fourth-order valence-corrected chi connectivity index (χ4v) is 4.53. The molecular weight excluding hydrogens is 444 g/mol. The lowest BCUT2D eigenvalue weighted by Gasteiger charge is -2.12. The molecule has 0 spiro atoms. The minimum atomic E-state index is -0.495. The molecule has 2 aromatic carbocycles. The molecule has 0 fully saturated rings. The van der Waals surface area contributed by atoms with Gasteiger partial charge in [-0.1, -0.05) is 30.7 Å². The molecule has 1 heterocycles. The second-order valence-corrected chi connectivity index (χ2v) is 8.29. The second-order valence-electron chi connectivity index (χ2n) is 7.28. The van der Waals surface area contributed by atoms with Gasteiger partial charge >= 0.3 is 5.97 Å².